The monoisotopic (exact) mass is 777 g/mol. The molecule has 0 bridgehead atoms. The maximum atomic E-state index is 6.59. The number of nitrogens with zero attached hydrogens (tertiary/aromatic N) is 1. The molecule has 0 amide bonds. The topological polar surface area (TPSA) is 12.5 Å². The third kappa shape index (κ3) is 4.97. The molecule has 0 saturated heterocycles. The van der Waals surface area contributed by atoms with Crippen LogP contribution in [0.3, 0.4) is 0 Å². The van der Waals surface area contributed by atoms with Crippen LogP contribution < -0.4 is 9.64 Å². The van der Waals surface area contributed by atoms with Gasteiger partial charge in [-0.3, -0.25) is 0 Å². The molecule has 0 aromatic heterocycles. The average Bonchev–Trinajstić information content (AvgIpc) is 3.94. The van der Waals surface area contributed by atoms with Crippen molar-refractivity contribution in [1.29, 1.82) is 0 Å². The van der Waals surface area contributed by atoms with Gasteiger partial charge in [0.2, 0.25) is 0 Å². The SMILES string of the molecule is C1=CC2Oc3cc4ccccc4cc3C2C=C1c1ccccc1N(c1ccc(-c2ccccc2)cc1)c1ccc2c(c1)C1(c3ccccc3-c3ccccc31)c1ccccc1-2. The minimum Gasteiger partial charge on any atom is -0.485 e. The summed E-state index contributed by atoms with van der Waals surface area (Å²) >= 11 is 0. The van der Waals surface area contributed by atoms with Crippen molar-refractivity contribution in [3.05, 3.63) is 258 Å². The Morgan fingerprint density at radius 1 is 0.426 bits per heavy atom. The van der Waals surface area contributed by atoms with Crippen molar-refractivity contribution >= 4 is 33.4 Å². The molecule has 3 aliphatic carbocycles. The molecule has 0 fully saturated rings. The second-order valence-corrected chi connectivity index (χ2v) is 16.7. The van der Waals surface area contributed by atoms with Crippen molar-refractivity contribution in [3.63, 3.8) is 0 Å². The molecule has 0 radical (unpaired) electrons. The first-order valence-electron chi connectivity index (χ1n) is 21.3. The molecule has 1 aliphatic heterocycles. The highest BCUT2D eigenvalue weighted by molar-refractivity contribution is 5.97. The van der Waals surface area contributed by atoms with Crippen molar-refractivity contribution in [1.82, 2.24) is 0 Å². The van der Waals surface area contributed by atoms with Gasteiger partial charge in [-0.25, -0.2) is 0 Å². The van der Waals surface area contributed by atoms with Gasteiger partial charge in [-0.2, -0.15) is 0 Å². The maximum Gasteiger partial charge on any atom is 0.128 e. The number of rotatable bonds is 5. The zero-order valence-corrected chi connectivity index (χ0v) is 33.4. The Bertz CT molecular complexity index is 3240. The number of hydrogen-bond acceptors (Lipinski definition) is 2. The third-order valence-electron chi connectivity index (χ3n) is 13.6. The lowest BCUT2D eigenvalue weighted by atomic mass is 9.70. The first-order chi connectivity index (χ1) is 30.2. The van der Waals surface area contributed by atoms with Crippen LogP contribution in [0.1, 0.15) is 39.3 Å². The van der Waals surface area contributed by atoms with Gasteiger partial charge in [0.15, 0.2) is 0 Å². The number of allylic oxidation sites excluding steroid dienone is 2. The Hall–Kier alpha value is -7.68. The molecular weight excluding hydrogens is 739 g/mol. The first kappa shape index (κ1) is 34.2. The van der Waals surface area contributed by atoms with Crippen molar-refractivity contribution < 1.29 is 4.74 Å². The van der Waals surface area contributed by atoms with E-state index in [1.54, 1.807) is 0 Å². The lowest BCUT2D eigenvalue weighted by Gasteiger charge is -2.33. The molecule has 0 saturated carbocycles. The van der Waals surface area contributed by atoms with E-state index in [9.17, 15) is 0 Å². The highest BCUT2D eigenvalue weighted by Gasteiger charge is 2.51. The standard InChI is InChI=1S/C59H39NO/c1-2-14-38(15-3-1)39-26-29-43(30-27-39)60(56-25-13-9-18-45(56)42-28-33-57-50(35-42)51-34-40-16-4-5-17-41(40)36-58(51)61-57)44-31-32-49-48-21-8-12-24-54(48)59(55(49)37-44)52-22-10-6-19-46(52)47-20-7-11-23-53(47)59/h1-37,50,57H. The molecule has 2 unspecified atom stereocenters. The van der Waals surface area contributed by atoms with Gasteiger partial charge in [-0.15, -0.1) is 0 Å². The molecule has 1 heterocycles. The van der Waals surface area contributed by atoms with Gasteiger partial charge in [0.25, 0.3) is 0 Å². The quantitative estimate of drug-likeness (QED) is 0.173. The number of fused-ring (bicyclic) bond motifs is 14. The van der Waals surface area contributed by atoms with Gasteiger partial charge in [0.1, 0.15) is 11.9 Å². The summed E-state index contributed by atoms with van der Waals surface area (Å²) in [7, 11) is 0. The van der Waals surface area contributed by atoms with Crippen LogP contribution in [0.25, 0.3) is 49.7 Å². The van der Waals surface area contributed by atoms with E-state index >= 15 is 0 Å². The van der Waals surface area contributed by atoms with Crippen molar-refractivity contribution in [3.8, 4) is 39.1 Å². The summed E-state index contributed by atoms with van der Waals surface area (Å²) in [6.45, 7) is 0. The van der Waals surface area contributed by atoms with E-state index in [2.05, 4.69) is 229 Å². The van der Waals surface area contributed by atoms with E-state index in [1.807, 2.05) is 0 Å². The normalized spacial score (nSPS) is 16.8. The molecule has 13 rings (SSSR count). The second-order valence-electron chi connectivity index (χ2n) is 16.7. The molecule has 2 heteroatoms. The summed E-state index contributed by atoms with van der Waals surface area (Å²) in [5.41, 5.74) is 19.5. The molecule has 2 atom stereocenters. The molecule has 9 aromatic carbocycles. The predicted octanol–water partition coefficient (Wildman–Crippen LogP) is 14.8. The fourth-order valence-corrected chi connectivity index (χ4v) is 11.0. The number of ether oxygens (including phenoxy) is 1. The molecule has 61 heavy (non-hydrogen) atoms. The van der Waals surface area contributed by atoms with Crippen LogP contribution in [0.4, 0.5) is 17.1 Å². The number of para-hydroxylation sites is 1. The fourth-order valence-electron chi connectivity index (χ4n) is 11.0. The Labute approximate surface area is 356 Å². The highest BCUT2D eigenvalue weighted by Crippen LogP contribution is 2.63. The van der Waals surface area contributed by atoms with Crippen LogP contribution in [0, 0.1) is 0 Å². The Morgan fingerprint density at radius 2 is 0.967 bits per heavy atom. The molecule has 4 aliphatic rings. The number of benzene rings is 9. The summed E-state index contributed by atoms with van der Waals surface area (Å²) in [4.78, 5) is 2.47. The van der Waals surface area contributed by atoms with Gasteiger partial charge in [0, 0.05) is 28.4 Å². The summed E-state index contributed by atoms with van der Waals surface area (Å²) in [6.07, 6.45) is 6.92. The van der Waals surface area contributed by atoms with Gasteiger partial charge < -0.3 is 9.64 Å². The number of hydrogen-bond donors (Lipinski definition) is 0. The fraction of sp³-hybridized carbons (Fsp3) is 0.0508. The molecule has 0 N–H and O–H groups in total. The molecule has 9 aromatic rings. The van der Waals surface area contributed by atoms with Crippen LogP contribution in [-0.2, 0) is 5.41 Å². The zero-order valence-electron chi connectivity index (χ0n) is 33.4. The van der Waals surface area contributed by atoms with E-state index in [1.165, 1.54) is 83.1 Å². The minimum atomic E-state index is -0.443. The summed E-state index contributed by atoms with van der Waals surface area (Å²) in [6, 6.07) is 76.1. The van der Waals surface area contributed by atoms with Crippen LogP contribution >= 0.6 is 0 Å². The Balaban J connectivity index is 1.01. The van der Waals surface area contributed by atoms with Crippen molar-refractivity contribution in [2.24, 2.45) is 0 Å². The number of anilines is 3. The van der Waals surface area contributed by atoms with E-state index in [-0.39, 0.29) is 12.0 Å². The highest BCUT2D eigenvalue weighted by atomic mass is 16.5. The van der Waals surface area contributed by atoms with Crippen LogP contribution in [0.15, 0.2) is 224 Å². The van der Waals surface area contributed by atoms with Gasteiger partial charge in [0.05, 0.1) is 11.1 Å². The van der Waals surface area contributed by atoms with Crippen LogP contribution in [0.2, 0.25) is 0 Å². The lowest BCUT2D eigenvalue weighted by molar-refractivity contribution is 0.269. The summed E-state index contributed by atoms with van der Waals surface area (Å²) < 4.78 is 6.59. The minimum absolute atomic E-state index is 0.0314. The van der Waals surface area contributed by atoms with Crippen LogP contribution in [-0.4, -0.2) is 6.10 Å². The van der Waals surface area contributed by atoms with Crippen molar-refractivity contribution in [2.75, 3.05) is 4.90 Å². The first-order valence-corrected chi connectivity index (χ1v) is 21.3. The van der Waals surface area contributed by atoms with E-state index < -0.39 is 5.41 Å². The van der Waals surface area contributed by atoms with Crippen molar-refractivity contribution in [2.45, 2.75) is 17.4 Å². The average molecular weight is 778 g/mol. The van der Waals surface area contributed by atoms with E-state index in [0.717, 1.165) is 22.8 Å². The summed E-state index contributed by atoms with van der Waals surface area (Å²) in [5.74, 6) is 1.10. The molecular formula is C59H39NO. The lowest BCUT2D eigenvalue weighted by Crippen LogP contribution is -2.26. The van der Waals surface area contributed by atoms with E-state index in [0.29, 0.717) is 0 Å². The second kappa shape index (κ2) is 13.2. The predicted molar refractivity (Wildman–Crippen MR) is 251 cm³/mol. The Kier molecular flexibility index (Phi) is 7.38. The van der Waals surface area contributed by atoms with Gasteiger partial charge >= 0.3 is 0 Å². The summed E-state index contributed by atoms with van der Waals surface area (Å²) in [5, 5.41) is 2.45. The van der Waals surface area contributed by atoms with Gasteiger partial charge in [-0.05, 0) is 121 Å². The Morgan fingerprint density at radius 3 is 1.66 bits per heavy atom. The van der Waals surface area contributed by atoms with Gasteiger partial charge in [-0.1, -0.05) is 176 Å². The zero-order chi connectivity index (χ0) is 40.1. The third-order valence-corrected chi connectivity index (χ3v) is 13.6. The maximum absolute atomic E-state index is 6.59. The van der Waals surface area contributed by atoms with E-state index in [4.69, 9.17) is 4.74 Å². The smallest absolute Gasteiger partial charge is 0.128 e. The van der Waals surface area contributed by atoms with Crippen LogP contribution in [0.5, 0.6) is 5.75 Å². The largest absolute Gasteiger partial charge is 0.485 e. The molecule has 1 spiro atoms. The molecule has 2 nitrogen and oxygen atoms in total. The molecule has 286 valence electrons.